The molecule has 0 unspecified atom stereocenters. The Morgan fingerprint density at radius 2 is 2.03 bits per heavy atom. The number of carbonyl (C=O) groups excluding carboxylic acids is 1. The molecule has 2 aromatic carbocycles. The number of ether oxygens (including phenoxy) is 2. The summed E-state index contributed by atoms with van der Waals surface area (Å²) in [6, 6.07) is 12.7. The lowest BCUT2D eigenvalue weighted by Gasteiger charge is -2.06. The van der Waals surface area contributed by atoms with Gasteiger partial charge in [0.2, 0.25) is 0 Å². The fraction of sp³-hybridized carbons (Fsp3) is 0.100. The van der Waals surface area contributed by atoms with E-state index >= 15 is 0 Å². The molecule has 0 fully saturated rings. The van der Waals surface area contributed by atoms with E-state index in [1.165, 1.54) is 31.5 Å². The van der Waals surface area contributed by atoms with Crippen LogP contribution in [0.3, 0.4) is 0 Å². The van der Waals surface area contributed by atoms with E-state index in [9.17, 15) is 14.9 Å². The molecule has 1 amide bonds. The first-order valence-electron chi connectivity index (χ1n) is 8.70. The van der Waals surface area contributed by atoms with Crippen LogP contribution >= 0.6 is 27.5 Å². The lowest BCUT2D eigenvalue weighted by Crippen LogP contribution is -2.24. The Labute approximate surface area is 189 Å². The summed E-state index contributed by atoms with van der Waals surface area (Å²) in [6.45, 7) is -0.332. The summed E-state index contributed by atoms with van der Waals surface area (Å²) in [7, 11) is 1.53. The average molecular weight is 509 g/mol. The smallest absolute Gasteiger partial charge is 0.277 e. The van der Waals surface area contributed by atoms with Crippen LogP contribution in [0.1, 0.15) is 5.76 Å². The lowest BCUT2D eigenvalue weighted by molar-refractivity contribution is -0.384. The zero-order valence-electron chi connectivity index (χ0n) is 16.0. The molecule has 1 N–H and O–H groups in total. The van der Waals surface area contributed by atoms with Gasteiger partial charge in [0.1, 0.15) is 23.0 Å². The predicted octanol–water partition coefficient (Wildman–Crippen LogP) is 4.81. The fourth-order valence-electron chi connectivity index (χ4n) is 2.46. The SMILES string of the molecule is COc1ccc(-c2ccc(/C=N\NC(=O)COc3ccc([N+](=O)[O-])cc3Br)o2)cc1Cl. The van der Waals surface area contributed by atoms with Crippen molar-refractivity contribution in [1.29, 1.82) is 0 Å². The minimum Gasteiger partial charge on any atom is -0.495 e. The third-order valence-corrected chi connectivity index (χ3v) is 4.84. The van der Waals surface area contributed by atoms with Gasteiger partial charge in [0.25, 0.3) is 11.6 Å². The fourth-order valence-corrected chi connectivity index (χ4v) is 3.20. The number of hydrogen-bond donors (Lipinski definition) is 1. The molecule has 0 saturated heterocycles. The molecule has 1 aromatic heterocycles. The largest absolute Gasteiger partial charge is 0.495 e. The van der Waals surface area contributed by atoms with Crippen molar-refractivity contribution < 1.29 is 23.6 Å². The number of halogens is 2. The van der Waals surface area contributed by atoms with Crippen LogP contribution in [0.2, 0.25) is 5.02 Å². The number of non-ortho nitro benzene ring substituents is 1. The standard InChI is InChI=1S/C20H15BrClN3O6/c1-29-19-5-2-12(8-16(19)22)17-7-4-14(31-17)10-23-24-20(26)11-30-18-6-3-13(25(27)28)9-15(18)21/h2-10H,11H2,1H3,(H,24,26)/b23-10-. The molecule has 1 heterocycles. The number of hydrogen-bond acceptors (Lipinski definition) is 7. The first-order chi connectivity index (χ1) is 14.9. The van der Waals surface area contributed by atoms with Crippen LogP contribution in [0.5, 0.6) is 11.5 Å². The van der Waals surface area contributed by atoms with E-state index < -0.39 is 10.8 Å². The summed E-state index contributed by atoms with van der Waals surface area (Å²) in [5.41, 5.74) is 2.97. The molecular formula is C20H15BrClN3O6. The molecule has 0 bridgehead atoms. The number of amides is 1. The number of nitrogens with zero attached hydrogens (tertiary/aromatic N) is 2. The van der Waals surface area contributed by atoms with Crippen molar-refractivity contribution in [2.45, 2.75) is 0 Å². The maximum Gasteiger partial charge on any atom is 0.277 e. The summed E-state index contributed by atoms with van der Waals surface area (Å²) < 4.78 is 16.5. The Balaban J connectivity index is 1.53. The number of rotatable bonds is 8. The highest BCUT2D eigenvalue weighted by atomic mass is 79.9. The molecule has 0 radical (unpaired) electrons. The third-order valence-electron chi connectivity index (χ3n) is 3.93. The number of methoxy groups -OCH3 is 1. The van der Waals surface area contributed by atoms with Gasteiger partial charge in [-0.25, -0.2) is 5.43 Å². The Bertz CT molecular complexity index is 1150. The van der Waals surface area contributed by atoms with Crippen LogP contribution in [-0.4, -0.2) is 30.8 Å². The van der Waals surface area contributed by atoms with Gasteiger partial charge in [-0.1, -0.05) is 11.6 Å². The number of nitrogens with one attached hydrogen (secondary N) is 1. The van der Waals surface area contributed by atoms with Crippen molar-refractivity contribution in [3.63, 3.8) is 0 Å². The second-order valence-electron chi connectivity index (χ2n) is 6.01. The minimum absolute atomic E-state index is 0.0944. The molecule has 0 atom stereocenters. The quantitative estimate of drug-likeness (QED) is 0.265. The zero-order valence-corrected chi connectivity index (χ0v) is 18.3. The highest BCUT2D eigenvalue weighted by molar-refractivity contribution is 9.10. The second-order valence-corrected chi connectivity index (χ2v) is 7.27. The number of furan rings is 1. The lowest BCUT2D eigenvalue weighted by atomic mass is 10.2. The van der Waals surface area contributed by atoms with Crippen molar-refractivity contribution in [3.05, 3.63) is 73.9 Å². The van der Waals surface area contributed by atoms with Gasteiger partial charge in [0.15, 0.2) is 6.61 Å². The average Bonchev–Trinajstić information content (AvgIpc) is 3.21. The van der Waals surface area contributed by atoms with Gasteiger partial charge in [0, 0.05) is 17.7 Å². The van der Waals surface area contributed by atoms with Crippen molar-refractivity contribution >= 4 is 45.3 Å². The Hall–Kier alpha value is -3.37. The van der Waals surface area contributed by atoms with Crippen molar-refractivity contribution in [2.75, 3.05) is 13.7 Å². The number of carbonyl (C=O) groups is 1. The minimum atomic E-state index is -0.529. The topological polar surface area (TPSA) is 116 Å². The summed E-state index contributed by atoms with van der Waals surface area (Å²) in [5, 5.41) is 15.0. The van der Waals surface area contributed by atoms with E-state index in [0.29, 0.717) is 32.5 Å². The number of hydrazone groups is 1. The summed E-state index contributed by atoms with van der Waals surface area (Å²) in [5.74, 6) is 1.32. The molecule has 0 aliphatic rings. The molecule has 31 heavy (non-hydrogen) atoms. The number of benzene rings is 2. The van der Waals surface area contributed by atoms with E-state index in [1.807, 2.05) is 0 Å². The first kappa shape index (κ1) is 22.3. The normalized spacial score (nSPS) is 10.8. The molecule has 3 rings (SSSR count). The van der Waals surface area contributed by atoms with E-state index in [2.05, 4.69) is 26.5 Å². The van der Waals surface area contributed by atoms with Crippen LogP contribution in [0.15, 0.2) is 62.5 Å². The highest BCUT2D eigenvalue weighted by Gasteiger charge is 2.11. The predicted molar refractivity (Wildman–Crippen MR) is 118 cm³/mol. The molecule has 0 aliphatic heterocycles. The molecule has 11 heteroatoms. The van der Waals surface area contributed by atoms with Gasteiger partial charge in [-0.3, -0.25) is 14.9 Å². The maximum atomic E-state index is 11.9. The van der Waals surface area contributed by atoms with E-state index in [1.54, 1.807) is 30.3 Å². The van der Waals surface area contributed by atoms with Crippen LogP contribution in [0.4, 0.5) is 5.69 Å². The second kappa shape index (κ2) is 10.1. The molecule has 9 nitrogen and oxygen atoms in total. The van der Waals surface area contributed by atoms with Crippen LogP contribution in [0.25, 0.3) is 11.3 Å². The van der Waals surface area contributed by atoms with Crippen molar-refractivity contribution in [2.24, 2.45) is 5.10 Å². The Morgan fingerprint density at radius 1 is 1.26 bits per heavy atom. The summed E-state index contributed by atoms with van der Waals surface area (Å²) in [4.78, 5) is 22.1. The van der Waals surface area contributed by atoms with Gasteiger partial charge in [-0.05, 0) is 52.3 Å². The number of nitro benzene ring substituents is 1. The monoisotopic (exact) mass is 507 g/mol. The molecule has 0 spiro atoms. The summed E-state index contributed by atoms with van der Waals surface area (Å²) in [6.07, 6.45) is 1.34. The maximum absolute atomic E-state index is 11.9. The molecule has 0 saturated carbocycles. The molecule has 0 aliphatic carbocycles. The molecule has 3 aromatic rings. The van der Waals surface area contributed by atoms with Gasteiger partial charge in [0.05, 0.1) is 27.7 Å². The Kier molecular flexibility index (Phi) is 7.27. The van der Waals surface area contributed by atoms with Crippen LogP contribution < -0.4 is 14.9 Å². The van der Waals surface area contributed by atoms with Gasteiger partial charge in [-0.2, -0.15) is 5.10 Å². The molecule has 160 valence electrons. The van der Waals surface area contributed by atoms with Crippen molar-refractivity contribution in [3.8, 4) is 22.8 Å². The first-order valence-corrected chi connectivity index (χ1v) is 9.87. The van der Waals surface area contributed by atoms with Crippen molar-refractivity contribution in [1.82, 2.24) is 5.43 Å². The van der Waals surface area contributed by atoms with E-state index in [-0.39, 0.29) is 12.3 Å². The summed E-state index contributed by atoms with van der Waals surface area (Å²) >= 11 is 9.29. The van der Waals surface area contributed by atoms with Crippen LogP contribution in [0, 0.1) is 10.1 Å². The number of nitro groups is 1. The van der Waals surface area contributed by atoms with E-state index in [0.717, 1.165) is 5.56 Å². The third kappa shape index (κ3) is 5.83. The molecular weight excluding hydrogens is 494 g/mol. The zero-order chi connectivity index (χ0) is 22.4. The van der Waals surface area contributed by atoms with E-state index in [4.69, 9.17) is 25.5 Å². The van der Waals surface area contributed by atoms with Gasteiger partial charge >= 0.3 is 0 Å². The van der Waals surface area contributed by atoms with Crippen LogP contribution in [-0.2, 0) is 4.79 Å². The van der Waals surface area contributed by atoms with Gasteiger partial charge < -0.3 is 13.9 Å². The highest BCUT2D eigenvalue weighted by Crippen LogP contribution is 2.31. The Morgan fingerprint density at radius 3 is 2.71 bits per heavy atom. The van der Waals surface area contributed by atoms with Gasteiger partial charge in [-0.15, -0.1) is 0 Å².